The quantitative estimate of drug-likeness (QED) is 0.798. The standard InChI is InChI=1S/C10H12ClN3O2/c11-7-2-1-4-13-8(7)14-5-3-10(12,6-14)9(15)16/h1-2,4H,3,5-6,12H2,(H,15,16). The van der Waals surface area contributed by atoms with Gasteiger partial charge in [-0.1, -0.05) is 11.6 Å². The number of carboxylic acid groups (broad SMARTS) is 1. The molecule has 2 rings (SSSR count). The van der Waals surface area contributed by atoms with Crippen molar-refractivity contribution in [2.75, 3.05) is 18.0 Å². The smallest absolute Gasteiger partial charge is 0.325 e. The molecular weight excluding hydrogens is 230 g/mol. The Kier molecular flexibility index (Phi) is 2.73. The predicted molar refractivity (Wildman–Crippen MR) is 60.6 cm³/mol. The lowest BCUT2D eigenvalue weighted by molar-refractivity contribution is -0.142. The molecule has 6 heteroatoms. The number of aromatic nitrogens is 1. The Hall–Kier alpha value is -1.33. The third-order valence-corrected chi connectivity index (χ3v) is 3.06. The first-order valence-electron chi connectivity index (χ1n) is 4.91. The minimum Gasteiger partial charge on any atom is -0.480 e. The predicted octanol–water partition coefficient (Wildman–Crippen LogP) is 0.727. The van der Waals surface area contributed by atoms with Crippen LogP contribution in [0, 0.1) is 0 Å². The molecule has 0 radical (unpaired) electrons. The molecule has 1 aliphatic rings. The summed E-state index contributed by atoms with van der Waals surface area (Å²) in [5.74, 6) is -0.389. The molecule has 0 amide bonds. The summed E-state index contributed by atoms with van der Waals surface area (Å²) in [5.41, 5.74) is 4.57. The molecule has 0 bridgehead atoms. The number of halogens is 1. The summed E-state index contributed by atoms with van der Waals surface area (Å²) in [4.78, 5) is 16.9. The number of aliphatic carboxylic acids is 1. The molecule has 86 valence electrons. The van der Waals surface area contributed by atoms with Crippen molar-refractivity contribution >= 4 is 23.4 Å². The van der Waals surface area contributed by atoms with E-state index in [1.54, 1.807) is 23.2 Å². The number of rotatable bonds is 2. The molecule has 0 aromatic carbocycles. The van der Waals surface area contributed by atoms with Gasteiger partial charge in [0.05, 0.1) is 5.02 Å². The summed E-state index contributed by atoms with van der Waals surface area (Å²) < 4.78 is 0. The highest BCUT2D eigenvalue weighted by Gasteiger charge is 2.42. The normalized spacial score (nSPS) is 24.8. The number of carboxylic acids is 1. The van der Waals surface area contributed by atoms with Gasteiger partial charge in [-0.15, -0.1) is 0 Å². The van der Waals surface area contributed by atoms with E-state index in [4.69, 9.17) is 22.4 Å². The molecule has 16 heavy (non-hydrogen) atoms. The average Bonchev–Trinajstić information content (AvgIpc) is 2.63. The van der Waals surface area contributed by atoms with E-state index in [0.717, 1.165) is 0 Å². The molecule has 2 heterocycles. The maximum absolute atomic E-state index is 11.0. The summed E-state index contributed by atoms with van der Waals surface area (Å²) >= 11 is 5.98. The van der Waals surface area contributed by atoms with Gasteiger partial charge in [0.25, 0.3) is 0 Å². The van der Waals surface area contributed by atoms with Gasteiger partial charge in [0.2, 0.25) is 0 Å². The van der Waals surface area contributed by atoms with Crippen molar-refractivity contribution in [1.82, 2.24) is 4.98 Å². The zero-order valence-corrected chi connectivity index (χ0v) is 9.31. The molecule has 1 fully saturated rings. The first kappa shape index (κ1) is 11.2. The summed E-state index contributed by atoms with van der Waals surface area (Å²) in [6.45, 7) is 0.790. The van der Waals surface area contributed by atoms with Gasteiger partial charge in [-0.2, -0.15) is 0 Å². The second-order valence-corrected chi connectivity index (χ2v) is 4.35. The van der Waals surface area contributed by atoms with Crippen LogP contribution in [0.3, 0.4) is 0 Å². The SMILES string of the molecule is NC1(C(=O)O)CCN(c2ncccc2Cl)C1. The monoisotopic (exact) mass is 241 g/mol. The molecule has 1 aromatic rings. The number of hydrogen-bond acceptors (Lipinski definition) is 4. The largest absolute Gasteiger partial charge is 0.480 e. The van der Waals surface area contributed by atoms with Crippen LogP contribution >= 0.6 is 11.6 Å². The van der Waals surface area contributed by atoms with Gasteiger partial charge in [-0.05, 0) is 18.6 Å². The molecule has 0 spiro atoms. The Morgan fingerprint density at radius 2 is 2.44 bits per heavy atom. The zero-order valence-electron chi connectivity index (χ0n) is 8.56. The van der Waals surface area contributed by atoms with E-state index in [2.05, 4.69) is 4.98 Å². The number of anilines is 1. The third kappa shape index (κ3) is 1.83. The van der Waals surface area contributed by atoms with Crippen molar-refractivity contribution in [3.05, 3.63) is 23.4 Å². The lowest BCUT2D eigenvalue weighted by Gasteiger charge is -2.21. The fourth-order valence-electron chi connectivity index (χ4n) is 1.80. The van der Waals surface area contributed by atoms with E-state index < -0.39 is 11.5 Å². The van der Waals surface area contributed by atoms with E-state index in [9.17, 15) is 4.79 Å². The molecule has 5 nitrogen and oxygen atoms in total. The minimum atomic E-state index is -1.19. The Bertz CT molecular complexity index is 426. The molecule has 1 aliphatic heterocycles. The summed E-state index contributed by atoms with van der Waals surface area (Å²) in [7, 11) is 0. The Labute approximate surface area is 97.8 Å². The zero-order chi connectivity index (χ0) is 11.8. The van der Waals surface area contributed by atoms with Gasteiger partial charge in [-0.25, -0.2) is 4.98 Å². The van der Waals surface area contributed by atoms with E-state index in [-0.39, 0.29) is 6.54 Å². The number of nitrogens with two attached hydrogens (primary N) is 1. The average molecular weight is 242 g/mol. The van der Waals surface area contributed by atoms with E-state index in [1.807, 2.05) is 0 Å². The second-order valence-electron chi connectivity index (χ2n) is 3.94. The second kappa shape index (κ2) is 3.92. The first-order chi connectivity index (χ1) is 7.53. The van der Waals surface area contributed by atoms with Crippen LogP contribution in [0.2, 0.25) is 5.02 Å². The molecule has 1 saturated heterocycles. The van der Waals surface area contributed by atoms with E-state index in [1.165, 1.54) is 0 Å². The maximum Gasteiger partial charge on any atom is 0.325 e. The van der Waals surface area contributed by atoms with Crippen LogP contribution in [0.25, 0.3) is 0 Å². The maximum atomic E-state index is 11.0. The van der Waals surface area contributed by atoms with Crippen LogP contribution < -0.4 is 10.6 Å². The molecule has 1 atom stereocenters. The third-order valence-electron chi connectivity index (χ3n) is 2.77. The molecule has 0 saturated carbocycles. The number of carbonyl (C=O) groups is 1. The summed E-state index contributed by atoms with van der Waals surface area (Å²) in [6, 6.07) is 3.45. The first-order valence-corrected chi connectivity index (χ1v) is 5.28. The van der Waals surface area contributed by atoms with Crippen molar-refractivity contribution in [2.24, 2.45) is 5.73 Å². The Morgan fingerprint density at radius 3 is 3.00 bits per heavy atom. The summed E-state index contributed by atoms with van der Waals surface area (Å²) in [6.07, 6.45) is 2.02. The number of nitrogens with zero attached hydrogens (tertiary/aromatic N) is 2. The van der Waals surface area contributed by atoms with Gasteiger partial charge < -0.3 is 15.7 Å². The van der Waals surface area contributed by atoms with Crippen molar-refractivity contribution in [3.63, 3.8) is 0 Å². The van der Waals surface area contributed by atoms with Crippen LogP contribution in [0.15, 0.2) is 18.3 Å². The number of pyridine rings is 1. The van der Waals surface area contributed by atoms with Crippen LogP contribution in [0.5, 0.6) is 0 Å². The fourth-order valence-corrected chi connectivity index (χ4v) is 2.04. The lowest BCUT2D eigenvalue weighted by Crippen LogP contribution is -2.50. The highest BCUT2D eigenvalue weighted by molar-refractivity contribution is 6.32. The molecular formula is C10H12ClN3O2. The van der Waals surface area contributed by atoms with Crippen molar-refractivity contribution in [1.29, 1.82) is 0 Å². The van der Waals surface area contributed by atoms with Crippen LogP contribution in [-0.4, -0.2) is 34.7 Å². The minimum absolute atomic E-state index is 0.235. The Morgan fingerprint density at radius 1 is 1.69 bits per heavy atom. The molecule has 1 aromatic heterocycles. The van der Waals surface area contributed by atoms with Crippen LogP contribution in [-0.2, 0) is 4.79 Å². The van der Waals surface area contributed by atoms with Gasteiger partial charge >= 0.3 is 5.97 Å². The van der Waals surface area contributed by atoms with Crippen molar-refractivity contribution < 1.29 is 9.90 Å². The van der Waals surface area contributed by atoms with E-state index in [0.29, 0.717) is 23.8 Å². The van der Waals surface area contributed by atoms with Gasteiger partial charge in [-0.3, -0.25) is 4.79 Å². The van der Waals surface area contributed by atoms with Crippen molar-refractivity contribution in [2.45, 2.75) is 12.0 Å². The van der Waals surface area contributed by atoms with Gasteiger partial charge in [0, 0.05) is 19.3 Å². The molecule has 3 N–H and O–H groups in total. The van der Waals surface area contributed by atoms with Gasteiger partial charge in [0.1, 0.15) is 11.4 Å². The summed E-state index contributed by atoms with van der Waals surface area (Å²) in [5, 5.41) is 9.51. The van der Waals surface area contributed by atoms with Crippen LogP contribution in [0.1, 0.15) is 6.42 Å². The van der Waals surface area contributed by atoms with Crippen molar-refractivity contribution in [3.8, 4) is 0 Å². The topological polar surface area (TPSA) is 79.5 Å². The van der Waals surface area contributed by atoms with Crippen LogP contribution in [0.4, 0.5) is 5.82 Å². The van der Waals surface area contributed by atoms with E-state index >= 15 is 0 Å². The fraction of sp³-hybridized carbons (Fsp3) is 0.400. The Balaban J connectivity index is 2.22. The molecule has 1 unspecified atom stereocenters. The highest BCUT2D eigenvalue weighted by atomic mass is 35.5. The number of hydrogen-bond donors (Lipinski definition) is 2. The molecule has 0 aliphatic carbocycles. The highest BCUT2D eigenvalue weighted by Crippen LogP contribution is 2.28. The van der Waals surface area contributed by atoms with Gasteiger partial charge in [0.15, 0.2) is 0 Å². The lowest BCUT2D eigenvalue weighted by atomic mass is 10.0.